The minimum Gasteiger partial charge on any atom is -0.497 e. The Kier molecular flexibility index (Phi) is 5.32. The maximum absolute atomic E-state index is 12.2. The number of ether oxygens (including phenoxy) is 2. The number of aliphatic carboxylic acids is 1. The highest BCUT2D eigenvalue weighted by Gasteiger charge is 2.20. The van der Waals surface area contributed by atoms with Crippen LogP contribution in [-0.4, -0.2) is 54.0 Å². The van der Waals surface area contributed by atoms with Gasteiger partial charge >= 0.3 is 5.97 Å². The van der Waals surface area contributed by atoms with Gasteiger partial charge in [-0.15, -0.1) is 0 Å². The number of rotatable bonds is 7. The molecule has 0 aliphatic heterocycles. The number of aromatic amines is 1. The summed E-state index contributed by atoms with van der Waals surface area (Å²) in [5.74, 6) is -0.882. The van der Waals surface area contributed by atoms with Gasteiger partial charge in [0.2, 0.25) is 0 Å². The number of hydrogen-bond donors (Lipinski definition) is 3. The van der Waals surface area contributed by atoms with E-state index in [0.717, 1.165) is 5.56 Å². The lowest BCUT2D eigenvalue weighted by Gasteiger charge is -2.11. The van der Waals surface area contributed by atoms with E-state index in [9.17, 15) is 9.59 Å². The molecule has 0 spiro atoms. The van der Waals surface area contributed by atoms with Gasteiger partial charge in [-0.05, 0) is 24.3 Å². The summed E-state index contributed by atoms with van der Waals surface area (Å²) in [4.78, 5) is 23.1. The Balaban J connectivity index is 2.13. The maximum Gasteiger partial charge on any atom is 0.334 e. The van der Waals surface area contributed by atoms with Gasteiger partial charge in [0.05, 0.1) is 31.1 Å². The van der Waals surface area contributed by atoms with E-state index in [1.54, 1.807) is 31.4 Å². The molecule has 0 aliphatic rings. The third-order valence-corrected chi connectivity index (χ3v) is 3.27. The van der Waals surface area contributed by atoms with E-state index < -0.39 is 18.0 Å². The van der Waals surface area contributed by atoms with Crippen molar-refractivity contribution in [1.29, 1.82) is 0 Å². The van der Waals surface area contributed by atoms with Gasteiger partial charge in [0, 0.05) is 12.7 Å². The molecule has 1 heterocycles. The molecule has 2 rings (SSSR count). The van der Waals surface area contributed by atoms with E-state index in [-0.39, 0.29) is 6.54 Å². The lowest BCUT2D eigenvalue weighted by Crippen LogP contribution is -2.37. The van der Waals surface area contributed by atoms with Gasteiger partial charge in [-0.1, -0.05) is 0 Å². The number of H-pyrrole nitrogens is 1. The van der Waals surface area contributed by atoms with Crippen LogP contribution < -0.4 is 10.1 Å². The summed E-state index contributed by atoms with van der Waals surface area (Å²) in [6, 6.07) is 7.11. The molecule has 122 valence electrons. The Bertz CT molecular complexity index is 681. The van der Waals surface area contributed by atoms with Crippen LogP contribution in [0.1, 0.15) is 10.4 Å². The molecule has 8 nitrogen and oxygen atoms in total. The van der Waals surface area contributed by atoms with Crippen molar-refractivity contribution >= 4 is 11.9 Å². The summed E-state index contributed by atoms with van der Waals surface area (Å²) in [5.41, 5.74) is 1.61. The second kappa shape index (κ2) is 7.41. The van der Waals surface area contributed by atoms with Crippen LogP contribution in [0.3, 0.4) is 0 Å². The van der Waals surface area contributed by atoms with Gasteiger partial charge in [0.15, 0.2) is 6.10 Å². The topological polar surface area (TPSA) is 114 Å². The number of benzene rings is 1. The largest absolute Gasteiger partial charge is 0.497 e. The minimum atomic E-state index is -1.14. The molecule has 0 saturated heterocycles. The molecule has 8 heteroatoms. The Morgan fingerprint density at radius 3 is 2.57 bits per heavy atom. The van der Waals surface area contributed by atoms with E-state index in [4.69, 9.17) is 14.6 Å². The molecule has 1 atom stereocenters. The van der Waals surface area contributed by atoms with Crippen LogP contribution in [0, 0.1) is 0 Å². The SMILES string of the molecule is COc1ccc(-c2[nH]ncc2C(=O)NCC(OC)C(=O)O)cc1. The van der Waals surface area contributed by atoms with Crippen molar-refractivity contribution in [2.45, 2.75) is 6.10 Å². The molecule has 0 aliphatic carbocycles. The summed E-state index contributed by atoms with van der Waals surface area (Å²) in [5, 5.41) is 18.1. The molecule has 1 unspecified atom stereocenters. The minimum absolute atomic E-state index is 0.141. The Morgan fingerprint density at radius 2 is 2.00 bits per heavy atom. The number of carbonyl (C=O) groups is 2. The first-order valence-corrected chi connectivity index (χ1v) is 6.78. The molecule has 0 saturated carbocycles. The van der Waals surface area contributed by atoms with Gasteiger partial charge in [0.1, 0.15) is 5.75 Å². The smallest absolute Gasteiger partial charge is 0.334 e. The summed E-state index contributed by atoms with van der Waals surface area (Å²) in [6.45, 7) is -0.141. The van der Waals surface area contributed by atoms with Crippen molar-refractivity contribution in [3.8, 4) is 17.0 Å². The molecule has 2 aromatic rings. The van der Waals surface area contributed by atoms with Crippen LogP contribution in [-0.2, 0) is 9.53 Å². The van der Waals surface area contributed by atoms with Crippen LogP contribution in [0.15, 0.2) is 30.5 Å². The molecule has 0 bridgehead atoms. The first-order chi connectivity index (χ1) is 11.1. The van der Waals surface area contributed by atoms with Crippen molar-refractivity contribution in [3.63, 3.8) is 0 Å². The van der Waals surface area contributed by atoms with Crippen LogP contribution in [0.5, 0.6) is 5.75 Å². The van der Waals surface area contributed by atoms with Crippen molar-refractivity contribution in [1.82, 2.24) is 15.5 Å². The third-order valence-electron chi connectivity index (χ3n) is 3.27. The Hall–Kier alpha value is -2.87. The molecule has 0 fully saturated rings. The van der Waals surface area contributed by atoms with Gasteiger partial charge in [0.25, 0.3) is 5.91 Å². The highest BCUT2D eigenvalue weighted by molar-refractivity contribution is 5.99. The average molecular weight is 319 g/mol. The predicted molar refractivity (Wildman–Crippen MR) is 81.3 cm³/mol. The molecule has 1 aromatic heterocycles. The Morgan fingerprint density at radius 1 is 1.30 bits per heavy atom. The van der Waals surface area contributed by atoms with Gasteiger partial charge in [-0.3, -0.25) is 9.89 Å². The van der Waals surface area contributed by atoms with Crippen LogP contribution in [0.4, 0.5) is 0 Å². The average Bonchev–Trinajstić information content (AvgIpc) is 3.04. The van der Waals surface area contributed by atoms with Gasteiger partial charge in [-0.25, -0.2) is 4.79 Å². The lowest BCUT2D eigenvalue weighted by atomic mass is 10.1. The molecular weight excluding hydrogens is 302 g/mol. The predicted octanol–water partition coefficient (Wildman–Crippen LogP) is 0.915. The number of nitrogens with zero attached hydrogens (tertiary/aromatic N) is 1. The normalized spacial score (nSPS) is 11.7. The van der Waals surface area contributed by atoms with Crippen molar-refractivity contribution in [3.05, 3.63) is 36.0 Å². The fourth-order valence-corrected chi connectivity index (χ4v) is 1.99. The molecular formula is C15H17N3O5. The molecule has 23 heavy (non-hydrogen) atoms. The number of methoxy groups -OCH3 is 2. The number of carboxylic acid groups (broad SMARTS) is 1. The second-order valence-corrected chi connectivity index (χ2v) is 4.66. The number of amides is 1. The number of aromatic nitrogens is 2. The molecule has 0 radical (unpaired) electrons. The van der Waals surface area contributed by atoms with E-state index in [1.165, 1.54) is 13.3 Å². The highest BCUT2D eigenvalue weighted by atomic mass is 16.5. The van der Waals surface area contributed by atoms with Gasteiger partial charge in [-0.2, -0.15) is 5.10 Å². The number of hydrogen-bond acceptors (Lipinski definition) is 5. The van der Waals surface area contributed by atoms with E-state index >= 15 is 0 Å². The fraction of sp³-hybridized carbons (Fsp3) is 0.267. The first kappa shape index (κ1) is 16.5. The summed E-state index contributed by atoms with van der Waals surface area (Å²) in [6.07, 6.45) is 0.285. The van der Waals surface area contributed by atoms with E-state index in [1.807, 2.05) is 0 Å². The standard InChI is InChI=1S/C15H17N3O5/c1-22-10-5-3-9(4-6-10)13-11(7-17-18-13)14(19)16-8-12(23-2)15(20)21/h3-7,12H,8H2,1-2H3,(H,16,19)(H,17,18)(H,20,21). The quantitative estimate of drug-likeness (QED) is 0.699. The second-order valence-electron chi connectivity index (χ2n) is 4.66. The monoisotopic (exact) mass is 319 g/mol. The molecule has 1 aromatic carbocycles. The lowest BCUT2D eigenvalue weighted by molar-refractivity contribution is -0.148. The zero-order valence-electron chi connectivity index (χ0n) is 12.7. The summed E-state index contributed by atoms with van der Waals surface area (Å²) < 4.78 is 9.86. The fourth-order valence-electron chi connectivity index (χ4n) is 1.99. The first-order valence-electron chi connectivity index (χ1n) is 6.78. The van der Waals surface area contributed by atoms with Crippen molar-refractivity contribution in [2.24, 2.45) is 0 Å². The Labute approximate surface area is 132 Å². The maximum atomic E-state index is 12.2. The van der Waals surface area contributed by atoms with Crippen molar-refractivity contribution < 1.29 is 24.2 Å². The zero-order valence-corrected chi connectivity index (χ0v) is 12.7. The summed E-state index contributed by atoms with van der Waals surface area (Å²) in [7, 11) is 2.84. The van der Waals surface area contributed by atoms with E-state index in [0.29, 0.717) is 17.0 Å². The van der Waals surface area contributed by atoms with Crippen LogP contribution in [0.2, 0.25) is 0 Å². The van der Waals surface area contributed by atoms with Gasteiger partial charge < -0.3 is 19.9 Å². The highest BCUT2D eigenvalue weighted by Crippen LogP contribution is 2.23. The summed E-state index contributed by atoms with van der Waals surface area (Å²) >= 11 is 0. The van der Waals surface area contributed by atoms with Crippen molar-refractivity contribution in [2.75, 3.05) is 20.8 Å². The van der Waals surface area contributed by atoms with Crippen LogP contribution in [0.25, 0.3) is 11.3 Å². The zero-order chi connectivity index (χ0) is 16.8. The number of carboxylic acids is 1. The van der Waals surface area contributed by atoms with E-state index in [2.05, 4.69) is 15.5 Å². The molecule has 3 N–H and O–H groups in total. The molecule has 1 amide bonds. The van der Waals surface area contributed by atoms with Crippen LogP contribution >= 0.6 is 0 Å². The number of nitrogens with one attached hydrogen (secondary N) is 2. The number of carbonyl (C=O) groups excluding carboxylic acids is 1. The third kappa shape index (κ3) is 3.86.